The van der Waals surface area contributed by atoms with Gasteiger partial charge >= 0.3 is 11.9 Å². The molecule has 1 atom stereocenters. The molecule has 0 saturated heterocycles. The third-order valence-electron chi connectivity index (χ3n) is 2.80. The Labute approximate surface area is 132 Å². The quantitative estimate of drug-likeness (QED) is 0.349. The summed E-state index contributed by atoms with van der Waals surface area (Å²) in [4.78, 5) is 35.3. The van der Waals surface area contributed by atoms with Crippen molar-refractivity contribution in [1.82, 2.24) is 0 Å². The summed E-state index contributed by atoms with van der Waals surface area (Å²) in [6.07, 6.45) is 1.76. The van der Waals surface area contributed by atoms with E-state index in [0.717, 1.165) is 0 Å². The van der Waals surface area contributed by atoms with Crippen LogP contribution in [0.15, 0.2) is 0 Å². The third kappa shape index (κ3) is 9.50. The molecule has 0 aliphatic rings. The van der Waals surface area contributed by atoms with Crippen LogP contribution in [0.25, 0.3) is 0 Å². The fraction of sp³-hybridized carbons (Fsp3) is 0.812. The number of hydrogen-bond acceptors (Lipinski definition) is 6. The maximum Gasteiger partial charge on any atom is 0.317 e. The molecule has 0 rings (SSSR count). The number of Topliss-reactive ketones (excluding diaryl/α,β-unsaturated/α-hetero) is 1. The molecule has 0 radical (unpaired) electrons. The van der Waals surface area contributed by atoms with Gasteiger partial charge < -0.3 is 14.2 Å². The van der Waals surface area contributed by atoms with Gasteiger partial charge in [0, 0.05) is 13.5 Å². The Morgan fingerprint density at radius 3 is 2.23 bits per heavy atom. The van der Waals surface area contributed by atoms with Gasteiger partial charge in [-0.25, -0.2) is 0 Å². The summed E-state index contributed by atoms with van der Waals surface area (Å²) in [5.41, 5.74) is -0.645. The summed E-state index contributed by atoms with van der Waals surface area (Å²) < 4.78 is 14.9. The van der Waals surface area contributed by atoms with Gasteiger partial charge in [-0.1, -0.05) is 6.42 Å². The summed E-state index contributed by atoms with van der Waals surface area (Å²) in [6.45, 7) is 7.24. The van der Waals surface area contributed by atoms with Gasteiger partial charge in [-0.05, 0) is 40.5 Å². The molecule has 6 heteroatoms. The van der Waals surface area contributed by atoms with E-state index in [2.05, 4.69) is 0 Å². The van der Waals surface area contributed by atoms with Gasteiger partial charge in [0.05, 0.1) is 6.61 Å². The van der Waals surface area contributed by atoms with Crippen LogP contribution >= 0.6 is 0 Å². The summed E-state index contributed by atoms with van der Waals surface area (Å²) >= 11 is 0. The van der Waals surface area contributed by atoms with Crippen molar-refractivity contribution in [2.75, 3.05) is 20.3 Å². The third-order valence-corrected chi connectivity index (χ3v) is 2.80. The molecule has 0 saturated carbocycles. The van der Waals surface area contributed by atoms with Gasteiger partial charge in [-0.15, -0.1) is 0 Å². The highest BCUT2D eigenvalue weighted by atomic mass is 16.6. The van der Waals surface area contributed by atoms with Crippen molar-refractivity contribution in [3.05, 3.63) is 0 Å². The molecule has 0 fully saturated rings. The monoisotopic (exact) mass is 316 g/mol. The van der Waals surface area contributed by atoms with E-state index in [-0.39, 0.29) is 24.8 Å². The number of rotatable bonds is 10. The summed E-state index contributed by atoms with van der Waals surface area (Å²) in [6, 6.07) is 0. The van der Waals surface area contributed by atoms with Crippen molar-refractivity contribution in [1.29, 1.82) is 0 Å². The summed E-state index contributed by atoms with van der Waals surface area (Å²) in [5.74, 6) is -1.94. The lowest BCUT2D eigenvalue weighted by Crippen LogP contribution is -2.34. The number of ketones is 1. The summed E-state index contributed by atoms with van der Waals surface area (Å²) in [5, 5.41) is 0. The Balaban J connectivity index is 4.45. The lowest BCUT2D eigenvalue weighted by Gasteiger charge is -2.23. The average Bonchev–Trinajstić information content (AvgIpc) is 2.36. The Bertz CT molecular complexity index is 369. The molecular formula is C16H28O6. The molecule has 0 N–H and O–H groups in total. The molecule has 0 amide bonds. The van der Waals surface area contributed by atoms with Crippen molar-refractivity contribution in [2.45, 2.75) is 59.0 Å². The van der Waals surface area contributed by atoms with Crippen LogP contribution in [-0.2, 0) is 28.6 Å². The van der Waals surface area contributed by atoms with Gasteiger partial charge in [-0.3, -0.25) is 14.4 Å². The molecule has 6 nitrogen and oxygen atoms in total. The molecule has 0 aromatic heterocycles. The molecule has 0 bridgehead atoms. The molecule has 0 aliphatic heterocycles. The predicted molar refractivity (Wildman–Crippen MR) is 81.3 cm³/mol. The minimum Gasteiger partial charge on any atom is -0.466 e. The Morgan fingerprint density at radius 1 is 1.09 bits per heavy atom. The minimum absolute atomic E-state index is 0.123. The van der Waals surface area contributed by atoms with Gasteiger partial charge in [0.15, 0.2) is 5.78 Å². The van der Waals surface area contributed by atoms with Crippen molar-refractivity contribution in [2.24, 2.45) is 5.92 Å². The fourth-order valence-electron chi connectivity index (χ4n) is 1.88. The molecule has 0 aromatic carbocycles. The first kappa shape index (κ1) is 20.6. The SMILES string of the molecule is CCOC(=O)CCCCC(C(=O)COC)C(=O)OC(C)(C)C. The van der Waals surface area contributed by atoms with Gasteiger partial charge in [0.2, 0.25) is 0 Å². The van der Waals surface area contributed by atoms with Crippen LogP contribution in [-0.4, -0.2) is 43.6 Å². The lowest BCUT2D eigenvalue weighted by atomic mass is 9.96. The molecule has 128 valence electrons. The largest absolute Gasteiger partial charge is 0.466 e. The number of unbranched alkanes of at least 4 members (excludes halogenated alkanes) is 1. The number of carbonyl (C=O) groups excluding carboxylic acids is 3. The van der Waals surface area contributed by atoms with Crippen LogP contribution in [0.2, 0.25) is 0 Å². The first-order chi connectivity index (χ1) is 10.2. The highest BCUT2D eigenvalue weighted by molar-refractivity contribution is 5.99. The average molecular weight is 316 g/mol. The molecule has 0 heterocycles. The van der Waals surface area contributed by atoms with E-state index < -0.39 is 17.5 Å². The lowest BCUT2D eigenvalue weighted by molar-refractivity contribution is -0.163. The normalized spacial score (nSPS) is 12.6. The van der Waals surface area contributed by atoms with Crippen LogP contribution in [0, 0.1) is 5.92 Å². The zero-order chi connectivity index (χ0) is 17.2. The Morgan fingerprint density at radius 2 is 1.73 bits per heavy atom. The van der Waals surface area contributed by atoms with Crippen LogP contribution in [0.3, 0.4) is 0 Å². The van der Waals surface area contributed by atoms with Gasteiger partial charge in [0.25, 0.3) is 0 Å². The van der Waals surface area contributed by atoms with E-state index in [4.69, 9.17) is 14.2 Å². The first-order valence-corrected chi connectivity index (χ1v) is 7.61. The van der Waals surface area contributed by atoms with Crippen molar-refractivity contribution in [3.8, 4) is 0 Å². The van der Waals surface area contributed by atoms with Crippen LogP contribution in [0.5, 0.6) is 0 Å². The van der Waals surface area contributed by atoms with Crippen molar-refractivity contribution in [3.63, 3.8) is 0 Å². The second-order valence-electron chi connectivity index (χ2n) is 6.04. The first-order valence-electron chi connectivity index (χ1n) is 7.61. The van der Waals surface area contributed by atoms with Crippen molar-refractivity contribution >= 4 is 17.7 Å². The van der Waals surface area contributed by atoms with E-state index in [1.54, 1.807) is 27.7 Å². The highest BCUT2D eigenvalue weighted by Gasteiger charge is 2.30. The Kier molecular flexibility index (Phi) is 9.65. The zero-order valence-corrected chi connectivity index (χ0v) is 14.3. The number of ether oxygens (including phenoxy) is 3. The van der Waals surface area contributed by atoms with Gasteiger partial charge in [0.1, 0.15) is 18.1 Å². The minimum atomic E-state index is -0.846. The second-order valence-corrected chi connectivity index (χ2v) is 6.04. The molecular weight excluding hydrogens is 288 g/mol. The van der Waals surface area contributed by atoms with E-state index >= 15 is 0 Å². The van der Waals surface area contributed by atoms with E-state index in [0.29, 0.717) is 25.9 Å². The number of methoxy groups -OCH3 is 1. The second kappa shape index (κ2) is 10.3. The molecule has 0 aromatic rings. The molecule has 0 aliphatic carbocycles. The fourth-order valence-corrected chi connectivity index (χ4v) is 1.88. The number of carbonyl (C=O) groups is 3. The topological polar surface area (TPSA) is 78.9 Å². The number of esters is 2. The number of hydrogen-bond donors (Lipinski definition) is 0. The Hall–Kier alpha value is -1.43. The summed E-state index contributed by atoms with van der Waals surface area (Å²) in [7, 11) is 1.41. The molecule has 22 heavy (non-hydrogen) atoms. The predicted octanol–water partition coefficient (Wildman–Crippen LogP) is 2.28. The standard InChI is InChI=1S/C16H28O6/c1-6-21-14(18)10-8-7-9-12(13(17)11-20-5)15(19)22-16(2,3)4/h12H,6-11H2,1-5H3. The highest BCUT2D eigenvalue weighted by Crippen LogP contribution is 2.18. The van der Waals surface area contributed by atoms with Crippen LogP contribution in [0.4, 0.5) is 0 Å². The van der Waals surface area contributed by atoms with E-state index in [1.807, 2.05) is 0 Å². The van der Waals surface area contributed by atoms with E-state index in [1.165, 1.54) is 7.11 Å². The van der Waals surface area contributed by atoms with Crippen LogP contribution in [0.1, 0.15) is 53.4 Å². The zero-order valence-electron chi connectivity index (χ0n) is 14.3. The molecule has 1 unspecified atom stereocenters. The van der Waals surface area contributed by atoms with Crippen molar-refractivity contribution < 1.29 is 28.6 Å². The smallest absolute Gasteiger partial charge is 0.317 e. The molecule has 0 spiro atoms. The maximum absolute atomic E-state index is 12.1. The van der Waals surface area contributed by atoms with Crippen LogP contribution < -0.4 is 0 Å². The van der Waals surface area contributed by atoms with E-state index in [9.17, 15) is 14.4 Å². The maximum atomic E-state index is 12.1. The van der Waals surface area contributed by atoms with Gasteiger partial charge in [-0.2, -0.15) is 0 Å².